The molecule has 2 nitrogen and oxygen atoms in total. The van der Waals surface area contributed by atoms with Crippen molar-refractivity contribution in [1.82, 2.24) is 9.19 Å². The van der Waals surface area contributed by atoms with E-state index in [9.17, 15) is 0 Å². The maximum atomic E-state index is 4.31. The van der Waals surface area contributed by atoms with E-state index in [-0.39, 0.29) is 0 Å². The minimum atomic E-state index is 0.536. The van der Waals surface area contributed by atoms with E-state index in [2.05, 4.69) is 25.0 Å². The molecule has 0 radical (unpaired) electrons. The van der Waals surface area contributed by atoms with Crippen LogP contribution in [0.15, 0.2) is 12.3 Å². The largest absolute Gasteiger partial charge is 0.214 e. The van der Waals surface area contributed by atoms with Crippen LogP contribution in [0.2, 0.25) is 0 Å². The van der Waals surface area contributed by atoms with Gasteiger partial charge in [-0.1, -0.05) is 13.8 Å². The molecule has 0 fully saturated rings. The van der Waals surface area contributed by atoms with Crippen LogP contribution in [-0.2, 0) is 0 Å². The summed E-state index contributed by atoms with van der Waals surface area (Å²) in [6.45, 7) is 4.29. The predicted molar refractivity (Wildman–Crippen MR) is 45.2 cm³/mol. The van der Waals surface area contributed by atoms with Crippen LogP contribution >= 0.6 is 11.9 Å². The first kappa shape index (κ1) is 7.66. The second-order valence-electron chi connectivity index (χ2n) is 2.48. The maximum absolute atomic E-state index is 4.31. The van der Waals surface area contributed by atoms with E-state index >= 15 is 0 Å². The molecule has 1 heterocycles. The lowest BCUT2D eigenvalue weighted by Crippen LogP contribution is -1.90. The fraction of sp³-hybridized carbons (Fsp3) is 0.571. The van der Waals surface area contributed by atoms with Crippen molar-refractivity contribution in [2.45, 2.75) is 19.8 Å². The molecule has 0 aromatic carbocycles. The van der Waals surface area contributed by atoms with Crippen LogP contribution in [0.5, 0.6) is 0 Å². The number of nitrogens with zero attached hydrogens (tertiary/aromatic N) is 2. The Bertz CT molecular complexity index is 205. The molecule has 56 valence electrons. The zero-order chi connectivity index (χ0) is 7.56. The fourth-order valence-corrected chi connectivity index (χ4v) is 1.09. The van der Waals surface area contributed by atoms with Gasteiger partial charge in [-0.2, -0.15) is 5.10 Å². The van der Waals surface area contributed by atoms with Crippen LogP contribution in [0.3, 0.4) is 0 Å². The quantitative estimate of drug-likeness (QED) is 0.653. The maximum Gasteiger partial charge on any atom is 0.0660 e. The zero-order valence-corrected chi connectivity index (χ0v) is 7.35. The van der Waals surface area contributed by atoms with E-state index in [4.69, 9.17) is 0 Å². The molecule has 0 N–H and O–H groups in total. The van der Waals surface area contributed by atoms with E-state index < -0.39 is 0 Å². The van der Waals surface area contributed by atoms with Crippen molar-refractivity contribution in [3.8, 4) is 0 Å². The van der Waals surface area contributed by atoms with Crippen molar-refractivity contribution in [3.63, 3.8) is 0 Å². The van der Waals surface area contributed by atoms with Crippen LogP contribution in [0.4, 0.5) is 0 Å². The minimum Gasteiger partial charge on any atom is -0.214 e. The number of aromatic nitrogens is 2. The van der Waals surface area contributed by atoms with Crippen molar-refractivity contribution >= 4 is 11.9 Å². The van der Waals surface area contributed by atoms with Crippen LogP contribution in [0.1, 0.15) is 25.5 Å². The number of hydrogen-bond donors (Lipinski definition) is 0. The molecule has 3 heteroatoms. The summed E-state index contributed by atoms with van der Waals surface area (Å²) in [4.78, 5) is 0. The molecule has 0 aliphatic carbocycles. The third-order valence-corrected chi connectivity index (χ3v) is 1.94. The molecule has 0 aliphatic heterocycles. The summed E-state index contributed by atoms with van der Waals surface area (Å²) in [5.74, 6) is 0.536. The molecule has 0 saturated heterocycles. The van der Waals surface area contributed by atoms with Gasteiger partial charge in [0.2, 0.25) is 0 Å². The SMILES string of the molecule is CSn1ccc(C(C)C)n1. The Balaban J connectivity index is 2.78. The summed E-state index contributed by atoms with van der Waals surface area (Å²) < 4.78 is 1.87. The summed E-state index contributed by atoms with van der Waals surface area (Å²) in [7, 11) is 0. The molecule has 0 spiro atoms. The fourth-order valence-electron chi connectivity index (χ4n) is 0.730. The van der Waals surface area contributed by atoms with Gasteiger partial charge in [-0.05, 0) is 23.9 Å². The molecule has 1 rings (SSSR count). The monoisotopic (exact) mass is 156 g/mol. The lowest BCUT2D eigenvalue weighted by atomic mass is 10.1. The van der Waals surface area contributed by atoms with Gasteiger partial charge in [-0.15, -0.1) is 0 Å². The van der Waals surface area contributed by atoms with Gasteiger partial charge in [0, 0.05) is 12.5 Å². The van der Waals surface area contributed by atoms with Gasteiger partial charge in [0.05, 0.1) is 5.69 Å². The average Bonchev–Trinajstić information content (AvgIpc) is 2.34. The van der Waals surface area contributed by atoms with Gasteiger partial charge < -0.3 is 0 Å². The van der Waals surface area contributed by atoms with Gasteiger partial charge in [0.1, 0.15) is 0 Å². The van der Waals surface area contributed by atoms with Gasteiger partial charge in [-0.3, -0.25) is 0 Å². The smallest absolute Gasteiger partial charge is 0.0660 e. The van der Waals surface area contributed by atoms with Crippen molar-refractivity contribution in [1.29, 1.82) is 0 Å². The Morgan fingerprint density at radius 3 is 2.60 bits per heavy atom. The van der Waals surface area contributed by atoms with E-state index in [1.807, 2.05) is 16.5 Å². The minimum absolute atomic E-state index is 0.536. The lowest BCUT2D eigenvalue weighted by Gasteiger charge is -1.96. The third-order valence-electron chi connectivity index (χ3n) is 1.37. The van der Waals surface area contributed by atoms with E-state index in [0.717, 1.165) is 5.69 Å². The topological polar surface area (TPSA) is 17.8 Å². The van der Waals surface area contributed by atoms with Gasteiger partial charge in [0.15, 0.2) is 0 Å². The molecule has 0 bridgehead atoms. The Kier molecular flexibility index (Phi) is 2.38. The summed E-state index contributed by atoms with van der Waals surface area (Å²) in [6.07, 6.45) is 4.00. The molecule has 0 aliphatic rings. The average molecular weight is 156 g/mol. The molecular weight excluding hydrogens is 144 g/mol. The van der Waals surface area contributed by atoms with E-state index in [0.29, 0.717) is 5.92 Å². The Hall–Kier alpha value is -0.440. The molecule has 1 aromatic heterocycles. The summed E-state index contributed by atoms with van der Waals surface area (Å²) in [6, 6.07) is 2.06. The number of hydrogen-bond acceptors (Lipinski definition) is 2. The Morgan fingerprint density at radius 1 is 1.60 bits per heavy atom. The molecule has 0 saturated carbocycles. The normalized spacial score (nSPS) is 10.8. The lowest BCUT2D eigenvalue weighted by molar-refractivity contribution is 0.800. The summed E-state index contributed by atoms with van der Waals surface area (Å²) >= 11 is 1.61. The zero-order valence-electron chi connectivity index (χ0n) is 6.53. The highest BCUT2D eigenvalue weighted by atomic mass is 32.2. The highest BCUT2D eigenvalue weighted by Crippen LogP contribution is 2.12. The van der Waals surface area contributed by atoms with Crippen LogP contribution in [0.25, 0.3) is 0 Å². The van der Waals surface area contributed by atoms with Crippen LogP contribution in [0, 0.1) is 0 Å². The van der Waals surface area contributed by atoms with Crippen LogP contribution < -0.4 is 0 Å². The van der Waals surface area contributed by atoms with E-state index in [1.54, 1.807) is 11.9 Å². The second kappa shape index (κ2) is 3.10. The van der Waals surface area contributed by atoms with Crippen LogP contribution in [-0.4, -0.2) is 15.4 Å². The standard InChI is InChI=1S/C7H12N2S/c1-6(2)7-4-5-9(8-7)10-3/h4-6H,1-3H3. The Labute approximate surface area is 65.8 Å². The van der Waals surface area contributed by atoms with Gasteiger partial charge in [-0.25, -0.2) is 4.09 Å². The van der Waals surface area contributed by atoms with Gasteiger partial charge in [0.25, 0.3) is 0 Å². The molecule has 0 unspecified atom stereocenters. The molecule has 0 amide bonds. The highest BCUT2D eigenvalue weighted by molar-refractivity contribution is 7.97. The summed E-state index contributed by atoms with van der Waals surface area (Å²) in [5, 5.41) is 4.31. The van der Waals surface area contributed by atoms with Crippen molar-refractivity contribution in [3.05, 3.63) is 18.0 Å². The Morgan fingerprint density at radius 2 is 2.30 bits per heavy atom. The first-order valence-electron chi connectivity index (χ1n) is 3.34. The predicted octanol–water partition coefficient (Wildman–Crippen LogP) is 2.13. The molecular formula is C7H12N2S. The molecule has 1 aromatic rings. The van der Waals surface area contributed by atoms with Crippen molar-refractivity contribution in [2.24, 2.45) is 0 Å². The molecule has 0 atom stereocenters. The first-order chi connectivity index (χ1) is 4.74. The number of rotatable bonds is 2. The second-order valence-corrected chi connectivity index (χ2v) is 3.22. The van der Waals surface area contributed by atoms with E-state index in [1.165, 1.54) is 0 Å². The first-order valence-corrected chi connectivity index (χ1v) is 4.52. The highest BCUT2D eigenvalue weighted by Gasteiger charge is 2.01. The molecule has 10 heavy (non-hydrogen) atoms. The van der Waals surface area contributed by atoms with Gasteiger partial charge >= 0.3 is 0 Å². The summed E-state index contributed by atoms with van der Waals surface area (Å²) in [5.41, 5.74) is 1.16. The van der Waals surface area contributed by atoms with Crippen molar-refractivity contribution in [2.75, 3.05) is 6.26 Å². The third kappa shape index (κ3) is 1.53. The van der Waals surface area contributed by atoms with Crippen molar-refractivity contribution < 1.29 is 0 Å².